The lowest BCUT2D eigenvalue weighted by Crippen LogP contribution is -2.56. The quantitative estimate of drug-likeness (QED) is 0.652. The molecule has 1 unspecified atom stereocenters. The maximum atomic E-state index is 13.7. The Morgan fingerprint density at radius 3 is 2.56 bits per heavy atom. The first kappa shape index (κ1) is 24.2. The van der Waals surface area contributed by atoms with Gasteiger partial charge in [-0.05, 0) is 60.9 Å². The van der Waals surface area contributed by atoms with Crippen molar-refractivity contribution in [3.8, 4) is 6.07 Å². The summed E-state index contributed by atoms with van der Waals surface area (Å²) in [5, 5.41) is 12.2. The van der Waals surface area contributed by atoms with Crippen LogP contribution >= 0.6 is 0 Å². The van der Waals surface area contributed by atoms with Gasteiger partial charge in [0.05, 0.1) is 11.6 Å². The van der Waals surface area contributed by atoms with Crippen molar-refractivity contribution >= 4 is 12.1 Å². The summed E-state index contributed by atoms with van der Waals surface area (Å²) < 4.78 is 32.0. The van der Waals surface area contributed by atoms with Crippen LogP contribution in [-0.4, -0.2) is 54.2 Å². The standard InChI is InChI=1S/C27H28F2N4O3/c28-23-10-7-19(11-24(23)29)25-16-36-27(35)33(25)26(34)31-13-17-14-32(15-17)21-8-5-18(6-9-21)22-4-2-1-3-20(22)12-30/h1-4,7,10-11,17-18,21,25H,5-6,8-9,13-16H2,(H,31,34). The molecule has 1 atom stereocenters. The van der Waals surface area contributed by atoms with Crippen LogP contribution in [0.2, 0.25) is 0 Å². The molecule has 7 nitrogen and oxygen atoms in total. The summed E-state index contributed by atoms with van der Waals surface area (Å²) in [6.07, 6.45) is 3.48. The minimum Gasteiger partial charge on any atom is -0.446 e. The number of rotatable bonds is 5. The van der Waals surface area contributed by atoms with E-state index in [1.807, 2.05) is 18.2 Å². The molecular weight excluding hydrogens is 466 g/mol. The minimum atomic E-state index is -1.04. The molecule has 0 spiro atoms. The van der Waals surface area contributed by atoms with Gasteiger partial charge in [0.2, 0.25) is 0 Å². The molecule has 2 aliphatic heterocycles. The van der Waals surface area contributed by atoms with E-state index in [-0.39, 0.29) is 12.5 Å². The second-order valence-corrected chi connectivity index (χ2v) is 9.85. The summed E-state index contributed by atoms with van der Waals surface area (Å²) in [5.74, 6) is -1.32. The Morgan fingerprint density at radius 2 is 1.83 bits per heavy atom. The van der Waals surface area contributed by atoms with Crippen molar-refractivity contribution in [2.75, 3.05) is 26.2 Å². The fraction of sp³-hybridized carbons (Fsp3) is 0.444. The molecule has 2 heterocycles. The van der Waals surface area contributed by atoms with Crippen molar-refractivity contribution in [2.24, 2.45) is 5.92 Å². The molecule has 9 heteroatoms. The average Bonchev–Trinajstić information content (AvgIpc) is 3.26. The van der Waals surface area contributed by atoms with Gasteiger partial charge in [0, 0.05) is 31.6 Å². The number of urea groups is 1. The van der Waals surface area contributed by atoms with Gasteiger partial charge < -0.3 is 10.1 Å². The molecule has 2 saturated heterocycles. The Morgan fingerprint density at radius 1 is 1.08 bits per heavy atom. The summed E-state index contributed by atoms with van der Waals surface area (Å²) in [6.45, 7) is 2.08. The van der Waals surface area contributed by atoms with Gasteiger partial charge in [0.15, 0.2) is 11.6 Å². The van der Waals surface area contributed by atoms with E-state index in [1.165, 1.54) is 6.07 Å². The number of imide groups is 1. The van der Waals surface area contributed by atoms with Gasteiger partial charge >= 0.3 is 12.1 Å². The van der Waals surface area contributed by atoms with Crippen LogP contribution in [0.5, 0.6) is 0 Å². The molecule has 188 valence electrons. The Hall–Kier alpha value is -3.51. The highest BCUT2D eigenvalue weighted by atomic mass is 19.2. The second kappa shape index (κ2) is 10.2. The summed E-state index contributed by atoms with van der Waals surface area (Å²) in [5.41, 5.74) is 2.23. The van der Waals surface area contributed by atoms with E-state index in [0.29, 0.717) is 24.1 Å². The highest BCUT2D eigenvalue weighted by Crippen LogP contribution is 2.38. The van der Waals surface area contributed by atoms with Crippen LogP contribution in [-0.2, 0) is 4.74 Å². The van der Waals surface area contributed by atoms with Gasteiger partial charge in [-0.1, -0.05) is 24.3 Å². The van der Waals surface area contributed by atoms with E-state index in [1.54, 1.807) is 0 Å². The summed E-state index contributed by atoms with van der Waals surface area (Å²) in [6, 6.07) is 12.6. The third-order valence-electron chi connectivity index (χ3n) is 7.68. The minimum absolute atomic E-state index is 0.101. The maximum Gasteiger partial charge on any atom is 0.418 e. The molecule has 2 aromatic rings. The number of benzene rings is 2. The first-order chi connectivity index (χ1) is 17.4. The molecule has 3 fully saturated rings. The van der Waals surface area contributed by atoms with Crippen LogP contribution in [0.3, 0.4) is 0 Å². The fourth-order valence-corrected chi connectivity index (χ4v) is 5.67. The lowest BCUT2D eigenvalue weighted by Gasteiger charge is -2.47. The molecule has 0 aromatic heterocycles. The van der Waals surface area contributed by atoms with E-state index < -0.39 is 29.8 Å². The number of nitriles is 1. The lowest BCUT2D eigenvalue weighted by atomic mass is 9.78. The third kappa shape index (κ3) is 4.78. The first-order valence-corrected chi connectivity index (χ1v) is 12.4. The van der Waals surface area contributed by atoms with Gasteiger partial charge in [-0.3, -0.25) is 4.90 Å². The van der Waals surface area contributed by atoms with E-state index in [4.69, 9.17) is 4.74 Å². The average molecular weight is 495 g/mol. The van der Waals surface area contributed by atoms with Crippen LogP contribution in [0, 0.1) is 28.9 Å². The highest BCUT2D eigenvalue weighted by Gasteiger charge is 2.40. The van der Waals surface area contributed by atoms with E-state index >= 15 is 0 Å². The molecule has 0 bridgehead atoms. The smallest absolute Gasteiger partial charge is 0.418 e. The van der Waals surface area contributed by atoms with Crippen molar-refractivity contribution in [1.29, 1.82) is 5.26 Å². The maximum absolute atomic E-state index is 13.7. The number of nitrogens with zero attached hydrogens (tertiary/aromatic N) is 3. The Bertz CT molecular complexity index is 1190. The number of cyclic esters (lactones) is 1. The molecule has 0 radical (unpaired) electrons. The number of halogens is 2. The predicted molar refractivity (Wildman–Crippen MR) is 127 cm³/mol. The van der Waals surface area contributed by atoms with Crippen LogP contribution in [0.15, 0.2) is 42.5 Å². The van der Waals surface area contributed by atoms with Gasteiger partial charge in [-0.25, -0.2) is 23.3 Å². The van der Waals surface area contributed by atoms with E-state index in [9.17, 15) is 23.6 Å². The molecule has 3 amide bonds. The lowest BCUT2D eigenvalue weighted by molar-refractivity contribution is 0.0335. The molecule has 5 rings (SSSR count). The summed E-state index contributed by atoms with van der Waals surface area (Å²) in [4.78, 5) is 28.3. The predicted octanol–water partition coefficient (Wildman–Crippen LogP) is 4.70. The largest absolute Gasteiger partial charge is 0.446 e. The molecule has 36 heavy (non-hydrogen) atoms. The summed E-state index contributed by atoms with van der Waals surface area (Å²) >= 11 is 0. The molecular formula is C27H28F2N4O3. The molecule has 3 aliphatic rings. The summed E-state index contributed by atoms with van der Waals surface area (Å²) in [7, 11) is 0. The molecule has 1 saturated carbocycles. The molecule has 1 N–H and O–H groups in total. The third-order valence-corrected chi connectivity index (χ3v) is 7.68. The fourth-order valence-electron chi connectivity index (χ4n) is 5.67. The Kier molecular flexibility index (Phi) is 6.88. The molecule has 2 aromatic carbocycles. The Balaban J connectivity index is 1.09. The van der Waals surface area contributed by atoms with Crippen molar-refractivity contribution in [1.82, 2.24) is 15.1 Å². The van der Waals surface area contributed by atoms with E-state index in [0.717, 1.165) is 66.9 Å². The normalized spacial score (nSPS) is 24.6. The highest BCUT2D eigenvalue weighted by molar-refractivity contribution is 5.92. The van der Waals surface area contributed by atoms with Gasteiger partial charge in [0.1, 0.15) is 12.6 Å². The van der Waals surface area contributed by atoms with Crippen LogP contribution < -0.4 is 5.32 Å². The number of carbonyl (C=O) groups excluding carboxylic acids is 2. The van der Waals surface area contributed by atoms with Crippen molar-refractivity contribution in [2.45, 2.75) is 43.7 Å². The second-order valence-electron chi connectivity index (χ2n) is 9.85. The van der Waals surface area contributed by atoms with Crippen molar-refractivity contribution in [3.05, 3.63) is 70.8 Å². The zero-order valence-electron chi connectivity index (χ0n) is 19.8. The Labute approximate surface area is 208 Å². The van der Waals surface area contributed by atoms with Crippen molar-refractivity contribution in [3.63, 3.8) is 0 Å². The zero-order chi connectivity index (χ0) is 25.2. The number of hydrogen-bond donors (Lipinski definition) is 1. The number of amides is 3. The van der Waals surface area contributed by atoms with E-state index in [2.05, 4.69) is 22.4 Å². The number of hydrogen-bond acceptors (Lipinski definition) is 5. The monoisotopic (exact) mass is 494 g/mol. The number of likely N-dealkylation sites (tertiary alicyclic amines) is 1. The SMILES string of the molecule is N#Cc1ccccc1C1CCC(N2CC(CNC(=O)N3C(=O)OCC3c3ccc(F)c(F)c3)C2)CC1. The first-order valence-electron chi connectivity index (χ1n) is 12.4. The topological polar surface area (TPSA) is 85.7 Å². The number of ether oxygens (including phenoxy) is 1. The number of carbonyl (C=O) groups is 2. The van der Waals surface area contributed by atoms with Crippen LogP contribution in [0.1, 0.15) is 54.3 Å². The number of nitrogens with one attached hydrogen (secondary N) is 1. The molecule has 1 aliphatic carbocycles. The van der Waals surface area contributed by atoms with Gasteiger partial charge in [0.25, 0.3) is 0 Å². The van der Waals surface area contributed by atoms with Crippen molar-refractivity contribution < 1.29 is 23.1 Å². The zero-order valence-corrected chi connectivity index (χ0v) is 19.8. The van der Waals surface area contributed by atoms with Crippen LogP contribution in [0.4, 0.5) is 18.4 Å². The van der Waals surface area contributed by atoms with Crippen LogP contribution in [0.25, 0.3) is 0 Å². The van der Waals surface area contributed by atoms with Gasteiger partial charge in [-0.2, -0.15) is 5.26 Å². The van der Waals surface area contributed by atoms with Gasteiger partial charge in [-0.15, -0.1) is 0 Å².